The second-order valence-electron chi connectivity index (χ2n) is 19.9. The maximum atomic E-state index is 13.1. The number of amides is 1. The van der Waals surface area contributed by atoms with E-state index < -0.39 is 61.5 Å². The van der Waals surface area contributed by atoms with Crippen LogP contribution in [-0.4, -0.2) is 98.7 Å². The minimum atomic E-state index is -1.61. The molecule has 8 atom stereocenters. The molecule has 7 N–H and O–H groups in total. The number of aliphatic hydroxyl groups excluding tert-OH is 6. The van der Waals surface area contributed by atoms with Gasteiger partial charge in [0.05, 0.1) is 25.4 Å². The van der Waals surface area contributed by atoms with Crippen LogP contribution in [-0.2, 0) is 14.3 Å². The van der Waals surface area contributed by atoms with Gasteiger partial charge in [-0.3, -0.25) is 4.79 Å². The van der Waals surface area contributed by atoms with Gasteiger partial charge in [0.2, 0.25) is 5.91 Å². The summed E-state index contributed by atoms with van der Waals surface area (Å²) in [6.45, 7) is 3.64. The van der Waals surface area contributed by atoms with Crippen LogP contribution in [0.3, 0.4) is 0 Å². The Labute approximate surface area is 405 Å². The zero-order chi connectivity index (χ0) is 48.1. The van der Waals surface area contributed by atoms with E-state index in [1.54, 1.807) is 6.08 Å². The highest BCUT2D eigenvalue weighted by molar-refractivity contribution is 5.80. The molecule has 1 aliphatic heterocycles. The number of unbranched alkanes of at least 4 members (excludes halogenated alkanes) is 35. The van der Waals surface area contributed by atoms with Crippen molar-refractivity contribution in [1.29, 1.82) is 0 Å². The number of nitrogens with one attached hydrogen (secondary N) is 1. The second kappa shape index (κ2) is 46.0. The first-order valence-corrected chi connectivity index (χ1v) is 28.2. The SMILES string of the molecule is CCCCCCCCCCCCCC/C=C\CCCCCCCCCCCCC(O)C(=O)NC(COC1OC(CO)C(O)C(O)C1O)C(O)/C=C/CCCCCCCCCCCCCCC. The molecule has 0 spiro atoms. The maximum absolute atomic E-state index is 13.1. The molecule has 0 aromatic rings. The summed E-state index contributed by atoms with van der Waals surface area (Å²) in [5.74, 6) is -0.614. The number of hydrogen-bond acceptors (Lipinski definition) is 9. The number of rotatable bonds is 48. The third-order valence-electron chi connectivity index (χ3n) is 13.6. The Morgan fingerprint density at radius 3 is 1.27 bits per heavy atom. The Balaban J connectivity index is 2.25. The van der Waals surface area contributed by atoms with Gasteiger partial charge < -0.3 is 45.4 Å². The fourth-order valence-electron chi connectivity index (χ4n) is 9.04. The summed E-state index contributed by atoms with van der Waals surface area (Å²) in [6.07, 6.45) is 47.1. The quantitative estimate of drug-likeness (QED) is 0.0232. The van der Waals surface area contributed by atoms with Gasteiger partial charge in [0.1, 0.15) is 30.5 Å². The number of carbonyl (C=O) groups is 1. The smallest absolute Gasteiger partial charge is 0.249 e. The molecule has 66 heavy (non-hydrogen) atoms. The van der Waals surface area contributed by atoms with Crippen molar-refractivity contribution in [3.05, 3.63) is 24.3 Å². The predicted molar refractivity (Wildman–Crippen MR) is 273 cm³/mol. The Kier molecular flexibility index (Phi) is 43.7. The summed E-state index contributed by atoms with van der Waals surface area (Å²) < 4.78 is 11.2. The van der Waals surface area contributed by atoms with Crippen LogP contribution >= 0.6 is 0 Å². The monoisotopic (exact) mass is 938 g/mol. The minimum absolute atomic E-state index is 0.304. The number of aliphatic hydroxyl groups is 6. The Morgan fingerprint density at radius 1 is 0.515 bits per heavy atom. The van der Waals surface area contributed by atoms with E-state index in [9.17, 15) is 35.4 Å². The first-order chi connectivity index (χ1) is 32.3. The first-order valence-electron chi connectivity index (χ1n) is 28.2. The molecule has 10 nitrogen and oxygen atoms in total. The average Bonchev–Trinajstić information content (AvgIpc) is 3.32. The number of hydrogen-bond donors (Lipinski definition) is 7. The van der Waals surface area contributed by atoms with Gasteiger partial charge in [-0.2, -0.15) is 0 Å². The molecular weight excluding hydrogens is 831 g/mol. The summed E-state index contributed by atoms with van der Waals surface area (Å²) in [4.78, 5) is 13.1. The third kappa shape index (κ3) is 34.8. The van der Waals surface area contributed by atoms with Gasteiger partial charge in [-0.15, -0.1) is 0 Å². The summed E-state index contributed by atoms with van der Waals surface area (Å²) in [5, 5.41) is 64.9. The zero-order valence-electron chi connectivity index (χ0n) is 42.8. The average molecular weight is 938 g/mol. The highest BCUT2D eigenvalue weighted by Crippen LogP contribution is 2.23. The van der Waals surface area contributed by atoms with E-state index in [2.05, 4.69) is 31.3 Å². The van der Waals surface area contributed by atoms with Crippen molar-refractivity contribution >= 4 is 5.91 Å². The molecular formula is C56H107NO9. The number of carbonyl (C=O) groups excluding carboxylic acids is 1. The van der Waals surface area contributed by atoms with Crippen LogP contribution in [0.1, 0.15) is 264 Å². The molecule has 0 aliphatic carbocycles. The van der Waals surface area contributed by atoms with Crippen molar-refractivity contribution in [1.82, 2.24) is 5.32 Å². The first kappa shape index (κ1) is 62.6. The third-order valence-corrected chi connectivity index (χ3v) is 13.6. The van der Waals surface area contributed by atoms with Crippen molar-refractivity contribution in [2.45, 2.75) is 313 Å². The van der Waals surface area contributed by atoms with E-state index in [4.69, 9.17) is 9.47 Å². The summed E-state index contributed by atoms with van der Waals surface area (Å²) in [5.41, 5.74) is 0. The fraction of sp³-hybridized carbons (Fsp3) is 0.911. The van der Waals surface area contributed by atoms with Crippen LogP contribution in [0.15, 0.2) is 24.3 Å². The Morgan fingerprint density at radius 2 is 0.879 bits per heavy atom. The molecule has 1 heterocycles. The lowest BCUT2D eigenvalue weighted by molar-refractivity contribution is -0.302. The molecule has 1 aliphatic rings. The van der Waals surface area contributed by atoms with Crippen molar-refractivity contribution < 1.29 is 44.9 Å². The highest BCUT2D eigenvalue weighted by atomic mass is 16.7. The topological polar surface area (TPSA) is 169 Å². The molecule has 1 amide bonds. The van der Waals surface area contributed by atoms with Crippen LogP contribution in [0.4, 0.5) is 0 Å². The number of allylic oxidation sites excluding steroid dienone is 3. The van der Waals surface area contributed by atoms with E-state index in [0.717, 1.165) is 44.9 Å². The lowest BCUT2D eigenvalue weighted by atomic mass is 9.99. The Bertz CT molecular complexity index is 1110. The van der Waals surface area contributed by atoms with E-state index in [1.165, 1.54) is 199 Å². The predicted octanol–water partition coefficient (Wildman–Crippen LogP) is 12.4. The highest BCUT2D eigenvalue weighted by Gasteiger charge is 2.44. The van der Waals surface area contributed by atoms with Gasteiger partial charge in [0.15, 0.2) is 6.29 Å². The maximum Gasteiger partial charge on any atom is 0.249 e. The lowest BCUT2D eigenvalue weighted by Gasteiger charge is -2.40. The van der Waals surface area contributed by atoms with Gasteiger partial charge in [-0.25, -0.2) is 0 Å². The van der Waals surface area contributed by atoms with E-state index in [1.807, 2.05) is 6.08 Å². The Hall–Kier alpha value is -1.37. The molecule has 0 bridgehead atoms. The summed E-state index contributed by atoms with van der Waals surface area (Å²) in [6, 6.07) is -0.979. The molecule has 10 heteroatoms. The van der Waals surface area contributed by atoms with Crippen LogP contribution in [0.25, 0.3) is 0 Å². The van der Waals surface area contributed by atoms with Crippen molar-refractivity contribution in [2.75, 3.05) is 13.2 Å². The normalized spacial score (nSPS) is 20.4. The van der Waals surface area contributed by atoms with E-state index in [-0.39, 0.29) is 6.61 Å². The molecule has 1 rings (SSSR count). The van der Waals surface area contributed by atoms with Crippen molar-refractivity contribution in [2.24, 2.45) is 0 Å². The van der Waals surface area contributed by atoms with Crippen molar-refractivity contribution in [3.8, 4) is 0 Å². The van der Waals surface area contributed by atoms with Crippen LogP contribution in [0.5, 0.6) is 0 Å². The van der Waals surface area contributed by atoms with Crippen LogP contribution < -0.4 is 5.32 Å². The van der Waals surface area contributed by atoms with Gasteiger partial charge in [-0.1, -0.05) is 244 Å². The molecule has 8 unspecified atom stereocenters. The molecule has 0 saturated carbocycles. The molecule has 390 valence electrons. The van der Waals surface area contributed by atoms with Crippen molar-refractivity contribution in [3.63, 3.8) is 0 Å². The second-order valence-corrected chi connectivity index (χ2v) is 19.9. The van der Waals surface area contributed by atoms with Gasteiger partial charge in [-0.05, 0) is 44.9 Å². The summed E-state index contributed by atoms with van der Waals surface area (Å²) in [7, 11) is 0. The summed E-state index contributed by atoms with van der Waals surface area (Å²) >= 11 is 0. The number of ether oxygens (including phenoxy) is 2. The lowest BCUT2D eigenvalue weighted by Crippen LogP contribution is -2.60. The van der Waals surface area contributed by atoms with Gasteiger partial charge in [0, 0.05) is 0 Å². The molecule has 1 fully saturated rings. The molecule has 0 radical (unpaired) electrons. The van der Waals surface area contributed by atoms with Crippen LogP contribution in [0.2, 0.25) is 0 Å². The minimum Gasteiger partial charge on any atom is -0.394 e. The fourth-order valence-corrected chi connectivity index (χ4v) is 9.04. The van der Waals surface area contributed by atoms with E-state index in [0.29, 0.717) is 6.42 Å². The standard InChI is InChI=1S/C56H107NO9/c1-3-5-7-9-11-13-15-17-19-20-21-22-23-24-25-26-27-28-29-31-33-35-37-39-41-43-45-50(60)55(64)57-48(47-65-56-54(63)53(62)52(61)51(46-58)66-56)49(59)44-42-40-38-36-34-32-30-18-16-14-12-10-8-6-4-2/h24-25,42,44,48-54,56,58-63H,3-23,26-41,43,45-47H2,1-2H3,(H,57,64)/b25-24-,44-42+. The van der Waals surface area contributed by atoms with Crippen LogP contribution in [0, 0.1) is 0 Å². The van der Waals surface area contributed by atoms with Gasteiger partial charge >= 0.3 is 0 Å². The zero-order valence-corrected chi connectivity index (χ0v) is 42.8. The van der Waals surface area contributed by atoms with Gasteiger partial charge in [0.25, 0.3) is 0 Å². The molecule has 0 aromatic carbocycles. The molecule has 0 aromatic heterocycles. The van der Waals surface area contributed by atoms with E-state index >= 15 is 0 Å². The molecule has 1 saturated heterocycles. The largest absolute Gasteiger partial charge is 0.394 e.